The molecule has 0 bridgehead atoms. The van der Waals surface area contributed by atoms with Crippen LogP contribution >= 0.6 is 12.2 Å². The van der Waals surface area contributed by atoms with Crippen LogP contribution in [0.25, 0.3) is 0 Å². The summed E-state index contributed by atoms with van der Waals surface area (Å²) in [4.78, 5) is 36.7. The highest BCUT2D eigenvalue weighted by Gasteiger charge is 2.22. The second kappa shape index (κ2) is 16.7. The van der Waals surface area contributed by atoms with Gasteiger partial charge in [0.2, 0.25) is 11.8 Å². The highest BCUT2D eigenvalue weighted by Crippen LogP contribution is 2.23. The number of para-hydroxylation sites is 1. The van der Waals surface area contributed by atoms with Crippen molar-refractivity contribution in [2.45, 2.75) is 37.6 Å². The van der Waals surface area contributed by atoms with Gasteiger partial charge in [0.05, 0.1) is 12.8 Å². The fourth-order valence-electron chi connectivity index (χ4n) is 4.27. The Balaban J connectivity index is 1.40. The third kappa shape index (κ3) is 10.6. The largest absolute Gasteiger partial charge is 0.467 e. The SMILES string of the molecule is COC(=O)[C@H](CCCCNC(=S)NCC(c1ccccc1)c1ccccc1)NC(=O)CC(=O)Nc1ccccc1F. The van der Waals surface area contributed by atoms with Crippen LogP contribution in [-0.4, -0.2) is 49.1 Å². The molecular weight excluding hydrogens is 543 g/mol. The molecule has 0 aliphatic heterocycles. The molecule has 1 atom stereocenters. The predicted octanol–water partition coefficient (Wildman–Crippen LogP) is 4.28. The number of hydrogen-bond donors (Lipinski definition) is 4. The monoisotopic (exact) mass is 578 g/mol. The summed E-state index contributed by atoms with van der Waals surface area (Å²) in [5.41, 5.74) is 2.36. The molecular formula is C31H35FN4O4S. The summed E-state index contributed by atoms with van der Waals surface area (Å²) in [6, 6.07) is 25.2. The van der Waals surface area contributed by atoms with Crippen molar-refractivity contribution in [3.05, 3.63) is 102 Å². The molecule has 0 aliphatic rings. The predicted molar refractivity (Wildman–Crippen MR) is 161 cm³/mol. The summed E-state index contributed by atoms with van der Waals surface area (Å²) in [7, 11) is 1.23. The van der Waals surface area contributed by atoms with Crippen molar-refractivity contribution < 1.29 is 23.5 Å². The number of hydrogen-bond acceptors (Lipinski definition) is 5. The van der Waals surface area contributed by atoms with Crippen LogP contribution < -0.4 is 21.3 Å². The second-order valence-electron chi connectivity index (χ2n) is 9.35. The number of carbonyl (C=O) groups excluding carboxylic acids is 3. The first-order valence-corrected chi connectivity index (χ1v) is 13.8. The molecule has 0 saturated carbocycles. The van der Waals surface area contributed by atoms with Crippen molar-refractivity contribution in [2.24, 2.45) is 0 Å². The summed E-state index contributed by atoms with van der Waals surface area (Å²) < 4.78 is 18.5. The normalized spacial score (nSPS) is 11.3. The number of methoxy groups -OCH3 is 1. The molecule has 3 aromatic rings. The minimum atomic E-state index is -0.906. The Morgan fingerprint density at radius 1 is 0.829 bits per heavy atom. The van der Waals surface area contributed by atoms with E-state index in [9.17, 15) is 18.8 Å². The van der Waals surface area contributed by atoms with Gasteiger partial charge in [0.1, 0.15) is 18.3 Å². The minimum absolute atomic E-state index is 0.0228. The maximum Gasteiger partial charge on any atom is 0.328 e. The lowest BCUT2D eigenvalue weighted by atomic mass is 9.91. The molecule has 10 heteroatoms. The van der Waals surface area contributed by atoms with Crippen molar-refractivity contribution in [3.63, 3.8) is 0 Å². The highest BCUT2D eigenvalue weighted by molar-refractivity contribution is 7.80. The van der Waals surface area contributed by atoms with Crippen LogP contribution in [0.15, 0.2) is 84.9 Å². The molecule has 216 valence electrons. The van der Waals surface area contributed by atoms with Crippen molar-refractivity contribution in [1.82, 2.24) is 16.0 Å². The van der Waals surface area contributed by atoms with Gasteiger partial charge in [-0.1, -0.05) is 72.8 Å². The number of anilines is 1. The number of unbranched alkanes of at least 4 members (excludes halogenated alkanes) is 1. The number of esters is 1. The molecule has 0 aliphatic carbocycles. The zero-order valence-electron chi connectivity index (χ0n) is 22.9. The van der Waals surface area contributed by atoms with Gasteiger partial charge in [-0.15, -0.1) is 0 Å². The van der Waals surface area contributed by atoms with Gasteiger partial charge in [-0.25, -0.2) is 9.18 Å². The number of carbonyl (C=O) groups is 3. The lowest BCUT2D eigenvalue weighted by molar-refractivity contribution is -0.145. The standard InChI is InChI=1S/C31H35FN4O4S/c1-40-30(39)27(36-29(38)20-28(37)35-26-17-9-8-16-25(26)32)18-10-11-19-33-31(41)34-21-24(22-12-4-2-5-13-22)23-14-6-3-7-15-23/h2-9,12-17,24,27H,10-11,18-21H2,1H3,(H,35,37)(H,36,38)(H2,33,34,41)/t27-/m0/s1. The maximum atomic E-state index is 13.7. The molecule has 4 N–H and O–H groups in total. The molecule has 0 aromatic heterocycles. The van der Waals surface area contributed by atoms with Crippen LogP contribution in [0, 0.1) is 5.82 Å². The van der Waals surface area contributed by atoms with E-state index in [1.807, 2.05) is 36.4 Å². The van der Waals surface area contributed by atoms with E-state index in [0.717, 1.165) is 0 Å². The van der Waals surface area contributed by atoms with E-state index in [2.05, 4.69) is 45.5 Å². The van der Waals surface area contributed by atoms with Gasteiger partial charge in [0, 0.05) is 19.0 Å². The fourth-order valence-corrected chi connectivity index (χ4v) is 4.46. The Labute approximate surface area is 245 Å². The lowest BCUT2D eigenvalue weighted by Gasteiger charge is -2.20. The zero-order valence-corrected chi connectivity index (χ0v) is 23.7. The number of amides is 2. The molecule has 2 amide bonds. The summed E-state index contributed by atoms with van der Waals surface area (Å²) in [6.07, 6.45) is 1.03. The fraction of sp³-hybridized carbons (Fsp3) is 0.290. The third-order valence-electron chi connectivity index (χ3n) is 6.37. The van der Waals surface area contributed by atoms with Gasteiger partial charge in [-0.05, 0) is 54.7 Å². The van der Waals surface area contributed by atoms with Gasteiger partial charge in [-0.2, -0.15) is 0 Å². The van der Waals surface area contributed by atoms with E-state index in [1.165, 1.54) is 36.4 Å². The van der Waals surface area contributed by atoms with Gasteiger partial charge >= 0.3 is 5.97 Å². The summed E-state index contributed by atoms with van der Waals surface area (Å²) in [5.74, 6) is -2.43. The van der Waals surface area contributed by atoms with Crippen molar-refractivity contribution in [3.8, 4) is 0 Å². The topological polar surface area (TPSA) is 109 Å². The Hall–Kier alpha value is -4.31. The number of benzene rings is 3. The number of thiocarbonyl (C=S) groups is 1. The first-order chi connectivity index (χ1) is 19.9. The molecule has 0 radical (unpaired) electrons. The van der Waals surface area contributed by atoms with E-state index in [0.29, 0.717) is 37.5 Å². The lowest BCUT2D eigenvalue weighted by Crippen LogP contribution is -2.42. The Morgan fingerprint density at radius 2 is 1.44 bits per heavy atom. The van der Waals surface area contributed by atoms with E-state index in [1.54, 1.807) is 6.07 Å². The quantitative estimate of drug-likeness (QED) is 0.0979. The Morgan fingerprint density at radius 3 is 2.05 bits per heavy atom. The first-order valence-electron chi connectivity index (χ1n) is 13.4. The van der Waals surface area contributed by atoms with Crippen LogP contribution in [-0.2, 0) is 19.1 Å². The van der Waals surface area contributed by atoms with Crippen LogP contribution in [0.1, 0.15) is 42.7 Å². The Kier molecular flexibility index (Phi) is 12.7. The zero-order chi connectivity index (χ0) is 29.5. The summed E-state index contributed by atoms with van der Waals surface area (Å²) in [5, 5.41) is 11.9. The highest BCUT2D eigenvalue weighted by atomic mass is 32.1. The number of rotatable bonds is 14. The molecule has 3 aromatic carbocycles. The molecule has 3 rings (SSSR count). The van der Waals surface area contributed by atoms with Gasteiger partial charge in [0.25, 0.3) is 0 Å². The minimum Gasteiger partial charge on any atom is -0.467 e. The van der Waals surface area contributed by atoms with Gasteiger partial charge < -0.3 is 26.0 Å². The molecule has 0 fully saturated rings. The molecule has 0 saturated heterocycles. The van der Waals surface area contributed by atoms with Crippen LogP contribution in [0.4, 0.5) is 10.1 Å². The van der Waals surface area contributed by atoms with Crippen LogP contribution in [0.3, 0.4) is 0 Å². The van der Waals surface area contributed by atoms with Crippen molar-refractivity contribution in [1.29, 1.82) is 0 Å². The van der Waals surface area contributed by atoms with E-state index >= 15 is 0 Å². The average Bonchev–Trinajstić information content (AvgIpc) is 2.98. The van der Waals surface area contributed by atoms with E-state index < -0.39 is 36.1 Å². The maximum absolute atomic E-state index is 13.7. The number of ether oxygens (including phenoxy) is 1. The molecule has 0 unspecified atom stereocenters. The second-order valence-corrected chi connectivity index (χ2v) is 9.76. The van der Waals surface area contributed by atoms with Crippen LogP contribution in [0.2, 0.25) is 0 Å². The third-order valence-corrected chi connectivity index (χ3v) is 6.65. The molecule has 41 heavy (non-hydrogen) atoms. The smallest absolute Gasteiger partial charge is 0.328 e. The number of nitrogens with one attached hydrogen (secondary N) is 4. The van der Waals surface area contributed by atoms with E-state index in [-0.39, 0.29) is 11.6 Å². The van der Waals surface area contributed by atoms with E-state index in [4.69, 9.17) is 17.0 Å². The average molecular weight is 579 g/mol. The van der Waals surface area contributed by atoms with Gasteiger partial charge in [-0.3, -0.25) is 9.59 Å². The molecule has 0 heterocycles. The van der Waals surface area contributed by atoms with Crippen molar-refractivity contribution >= 4 is 40.8 Å². The molecule has 8 nitrogen and oxygen atoms in total. The Bertz CT molecular complexity index is 1250. The summed E-state index contributed by atoms with van der Waals surface area (Å²) >= 11 is 5.47. The van der Waals surface area contributed by atoms with Gasteiger partial charge in [0.15, 0.2) is 5.11 Å². The first kappa shape index (κ1) is 31.2. The number of halogens is 1. The summed E-state index contributed by atoms with van der Waals surface area (Å²) in [6.45, 7) is 1.20. The van der Waals surface area contributed by atoms with Crippen molar-refractivity contribution in [2.75, 3.05) is 25.5 Å². The molecule has 0 spiro atoms. The van der Waals surface area contributed by atoms with Crippen LogP contribution in [0.5, 0.6) is 0 Å².